The lowest BCUT2D eigenvalue weighted by Crippen LogP contribution is -2.44. The van der Waals surface area contributed by atoms with E-state index in [9.17, 15) is 17.6 Å². The summed E-state index contributed by atoms with van der Waals surface area (Å²) in [6.45, 7) is 0.255. The van der Waals surface area contributed by atoms with Gasteiger partial charge in [0.05, 0.1) is 11.1 Å². The van der Waals surface area contributed by atoms with Gasteiger partial charge in [-0.2, -0.15) is 9.41 Å². The van der Waals surface area contributed by atoms with Gasteiger partial charge in [-0.15, -0.1) is 0 Å². The van der Waals surface area contributed by atoms with Crippen molar-refractivity contribution in [1.82, 2.24) is 9.73 Å². The summed E-state index contributed by atoms with van der Waals surface area (Å²) in [4.78, 5) is 12.5. The number of halogens is 2. The van der Waals surface area contributed by atoms with Gasteiger partial charge in [0.1, 0.15) is 11.9 Å². The number of nitrogens with one attached hydrogen (secondary N) is 1. The zero-order valence-corrected chi connectivity index (χ0v) is 15.8. The van der Waals surface area contributed by atoms with E-state index in [1.54, 1.807) is 0 Å². The van der Waals surface area contributed by atoms with E-state index in [2.05, 4.69) is 10.5 Å². The Kier molecular flexibility index (Phi) is 5.88. The first-order valence-corrected chi connectivity index (χ1v) is 10.1. The van der Waals surface area contributed by atoms with E-state index in [0.717, 1.165) is 0 Å². The van der Waals surface area contributed by atoms with Crippen LogP contribution in [0.5, 0.6) is 0 Å². The summed E-state index contributed by atoms with van der Waals surface area (Å²) in [5.74, 6) is -0.881. The van der Waals surface area contributed by atoms with Crippen molar-refractivity contribution in [3.05, 3.63) is 64.9 Å². The molecule has 0 spiro atoms. The molecule has 0 radical (unpaired) electrons. The minimum Gasteiger partial charge on any atom is -0.271 e. The molecule has 1 aliphatic heterocycles. The third kappa shape index (κ3) is 4.52. The Hall–Kier alpha value is -2.29. The summed E-state index contributed by atoms with van der Waals surface area (Å²) < 4.78 is 39.7. The number of hydrogen-bond acceptors (Lipinski definition) is 4. The van der Waals surface area contributed by atoms with Crippen LogP contribution in [-0.2, 0) is 14.8 Å². The Morgan fingerprint density at radius 3 is 2.52 bits per heavy atom. The molecule has 1 heterocycles. The van der Waals surface area contributed by atoms with E-state index in [-0.39, 0.29) is 17.3 Å². The third-order valence-corrected chi connectivity index (χ3v) is 6.36. The van der Waals surface area contributed by atoms with Crippen molar-refractivity contribution in [3.8, 4) is 0 Å². The van der Waals surface area contributed by atoms with Gasteiger partial charge in [-0.05, 0) is 54.8 Å². The third-order valence-electron chi connectivity index (χ3n) is 4.18. The number of carbonyl (C=O) groups is 1. The first kappa shape index (κ1) is 19.5. The fraction of sp³-hybridized carbons (Fsp3) is 0.222. The van der Waals surface area contributed by atoms with Gasteiger partial charge in [0.2, 0.25) is 10.0 Å². The number of hydrogen-bond donors (Lipinski definition) is 1. The number of amides is 1. The minimum atomic E-state index is -3.81. The summed E-state index contributed by atoms with van der Waals surface area (Å²) in [6, 6.07) is 10.6. The van der Waals surface area contributed by atoms with Crippen LogP contribution in [0.4, 0.5) is 4.39 Å². The van der Waals surface area contributed by atoms with Crippen molar-refractivity contribution in [2.24, 2.45) is 5.10 Å². The molecule has 1 saturated heterocycles. The summed E-state index contributed by atoms with van der Waals surface area (Å²) in [7, 11) is -3.81. The van der Waals surface area contributed by atoms with Crippen LogP contribution >= 0.6 is 11.6 Å². The molecular weight excluding hydrogens is 393 g/mol. The first-order valence-electron chi connectivity index (χ1n) is 8.24. The number of hydrazone groups is 1. The molecule has 3 rings (SSSR count). The highest BCUT2D eigenvalue weighted by Gasteiger charge is 2.39. The van der Waals surface area contributed by atoms with Crippen molar-refractivity contribution in [2.75, 3.05) is 6.54 Å². The molecule has 9 heteroatoms. The second-order valence-electron chi connectivity index (χ2n) is 6.01. The molecule has 2 aromatic rings. The molecule has 27 heavy (non-hydrogen) atoms. The van der Waals surface area contributed by atoms with Crippen LogP contribution in [0.15, 0.2) is 58.5 Å². The van der Waals surface area contributed by atoms with Crippen molar-refractivity contribution >= 4 is 33.7 Å². The van der Waals surface area contributed by atoms with Crippen LogP contribution in [0.25, 0.3) is 0 Å². The molecule has 2 aromatic carbocycles. The monoisotopic (exact) mass is 409 g/mol. The average molecular weight is 410 g/mol. The quantitative estimate of drug-likeness (QED) is 0.609. The smallest absolute Gasteiger partial charge is 0.258 e. The van der Waals surface area contributed by atoms with Crippen LogP contribution in [0.1, 0.15) is 18.4 Å². The van der Waals surface area contributed by atoms with Crippen molar-refractivity contribution in [3.63, 3.8) is 0 Å². The van der Waals surface area contributed by atoms with Crippen molar-refractivity contribution < 1.29 is 17.6 Å². The van der Waals surface area contributed by atoms with Gasteiger partial charge < -0.3 is 0 Å². The van der Waals surface area contributed by atoms with Gasteiger partial charge in [0, 0.05) is 11.6 Å². The van der Waals surface area contributed by atoms with Crippen LogP contribution in [0.2, 0.25) is 5.02 Å². The summed E-state index contributed by atoms with van der Waals surface area (Å²) >= 11 is 5.81. The molecule has 1 fully saturated rings. The zero-order valence-electron chi connectivity index (χ0n) is 14.2. The van der Waals surface area contributed by atoms with Crippen molar-refractivity contribution in [2.45, 2.75) is 23.8 Å². The molecule has 1 aliphatic rings. The van der Waals surface area contributed by atoms with E-state index >= 15 is 0 Å². The lowest BCUT2D eigenvalue weighted by atomic mass is 10.2. The Balaban J connectivity index is 1.70. The number of benzene rings is 2. The largest absolute Gasteiger partial charge is 0.271 e. The zero-order chi connectivity index (χ0) is 19.4. The molecule has 0 unspecified atom stereocenters. The molecular formula is C18H17ClFN3O3S. The molecule has 0 aromatic heterocycles. The Bertz CT molecular complexity index is 947. The van der Waals surface area contributed by atoms with E-state index in [1.165, 1.54) is 59.1 Å². The molecule has 0 bridgehead atoms. The summed E-state index contributed by atoms with van der Waals surface area (Å²) in [5.41, 5.74) is 2.97. The van der Waals surface area contributed by atoms with E-state index < -0.39 is 22.0 Å². The number of rotatable bonds is 5. The lowest BCUT2D eigenvalue weighted by Gasteiger charge is -2.22. The van der Waals surface area contributed by atoms with Gasteiger partial charge in [0.25, 0.3) is 5.91 Å². The van der Waals surface area contributed by atoms with Gasteiger partial charge in [-0.3, -0.25) is 4.79 Å². The highest BCUT2D eigenvalue weighted by atomic mass is 35.5. The average Bonchev–Trinajstić information content (AvgIpc) is 3.14. The predicted molar refractivity (Wildman–Crippen MR) is 101 cm³/mol. The standard InChI is InChI=1S/C18H17ClFN3O3S/c19-14-5-9-16(10-6-14)27(25,26)23-11-1-2-17(23)18(24)22-21-12-13-3-7-15(20)8-4-13/h3-10,12,17H,1-2,11H2,(H,22,24)/b21-12-/t17-/m1/s1. The Morgan fingerprint density at radius 2 is 1.85 bits per heavy atom. The topological polar surface area (TPSA) is 78.8 Å². The molecule has 1 atom stereocenters. The SMILES string of the molecule is O=C(N/N=C\c1ccc(F)cc1)[C@H]1CCCN1S(=O)(=O)c1ccc(Cl)cc1. The van der Waals surface area contributed by atoms with Crippen LogP contribution in [-0.4, -0.2) is 37.4 Å². The Labute approximate surface area is 161 Å². The number of carbonyl (C=O) groups excluding carboxylic acids is 1. The van der Waals surface area contributed by atoms with Gasteiger partial charge >= 0.3 is 0 Å². The highest BCUT2D eigenvalue weighted by Crippen LogP contribution is 2.27. The summed E-state index contributed by atoms with van der Waals surface area (Å²) in [6.07, 6.45) is 2.35. The second-order valence-corrected chi connectivity index (χ2v) is 8.34. The molecule has 0 saturated carbocycles. The first-order chi connectivity index (χ1) is 12.9. The maximum Gasteiger partial charge on any atom is 0.258 e. The number of sulfonamides is 1. The van der Waals surface area contributed by atoms with E-state index in [1.807, 2.05) is 0 Å². The lowest BCUT2D eigenvalue weighted by molar-refractivity contribution is -0.124. The minimum absolute atomic E-state index is 0.0846. The molecule has 0 aliphatic carbocycles. The van der Waals surface area contributed by atoms with Gasteiger partial charge in [-0.25, -0.2) is 18.2 Å². The van der Waals surface area contributed by atoms with E-state index in [0.29, 0.717) is 23.4 Å². The molecule has 1 N–H and O–H groups in total. The maximum atomic E-state index is 12.9. The molecule has 1 amide bonds. The normalized spacial score (nSPS) is 18.1. The summed E-state index contributed by atoms with van der Waals surface area (Å²) in [5, 5.41) is 4.26. The second kappa shape index (κ2) is 8.16. The predicted octanol–water partition coefficient (Wildman–Crippen LogP) is 2.78. The van der Waals surface area contributed by atoms with Gasteiger partial charge in [0.15, 0.2) is 0 Å². The van der Waals surface area contributed by atoms with Crippen LogP contribution in [0.3, 0.4) is 0 Å². The van der Waals surface area contributed by atoms with Crippen LogP contribution in [0, 0.1) is 5.82 Å². The van der Waals surface area contributed by atoms with Gasteiger partial charge in [-0.1, -0.05) is 23.7 Å². The van der Waals surface area contributed by atoms with E-state index in [4.69, 9.17) is 11.6 Å². The fourth-order valence-corrected chi connectivity index (χ4v) is 4.61. The maximum absolute atomic E-state index is 12.9. The molecule has 142 valence electrons. The molecule has 6 nitrogen and oxygen atoms in total. The fourth-order valence-electron chi connectivity index (χ4n) is 2.83. The number of nitrogens with zero attached hydrogens (tertiary/aromatic N) is 2. The highest BCUT2D eigenvalue weighted by molar-refractivity contribution is 7.89. The van der Waals surface area contributed by atoms with Crippen molar-refractivity contribution in [1.29, 1.82) is 0 Å². The Morgan fingerprint density at radius 1 is 1.19 bits per heavy atom. The van der Waals surface area contributed by atoms with Crippen LogP contribution < -0.4 is 5.43 Å².